The fourth-order valence-electron chi connectivity index (χ4n) is 6.39. The largest absolute Gasteiger partial charge is 0.493 e. The van der Waals surface area contributed by atoms with Crippen molar-refractivity contribution in [3.63, 3.8) is 0 Å². The van der Waals surface area contributed by atoms with Crippen LogP contribution in [-0.2, 0) is 19.9 Å². The van der Waals surface area contributed by atoms with Crippen LogP contribution in [0.3, 0.4) is 0 Å². The molecule has 4 aliphatic heterocycles. The van der Waals surface area contributed by atoms with E-state index in [2.05, 4.69) is 5.32 Å². The number of imide groups is 1. The smallest absolute Gasteiger partial charge is 0.250 e. The predicted octanol–water partition coefficient (Wildman–Crippen LogP) is 2.27. The number of methoxy groups -OCH3 is 2. The molecular weight excluding hydrogens is 429 g/mol. The van der Waals surface area contributed by atoms with Gasteiger partial charge in [-0.3, -0.25) is 19.3 Å². The van der Waals surface area contributed by atoms with Gasteiger partial charge in [-0.05, 0) is 49.7 Å². The lowest BCUT2D eigenvalue weighted by molar-refractivity contribution is -0.135. The molecule has 0 aromatic heterocycles. The summed E-state index contributed by atoms with van der Waals surface area (Å²) in [6, 6.07) is 8.69. The summed E-state index contributed by atoms with van der Waals surface area (Å²) in [6.07, 6.45) is 1.49. The van der Waals surface area contributed by atoms with Crippen LogP contribution in [-0.4, -0.2) is 49.4 Å². The highest BCUT2D eigenvalue weighted by molar-refractivity contribution is 6.26. The molecule has 170 valence electrons. The SMILES string of the molecule is COc1ccc(N2C(=O)[C@H]3[C@@H](C2=O)[C@]2(C(=O)Nc4ccc(F)cc42)N2CCC[C@@H]32)cc1OC. The van der Waals surface area contributed by atoms with E-state index in [1.807, 2.05) is 4.90 Å². The summed E-state index contributed by atoms with van der Waals surface area (Å²) >= 11 is 0. The highest BCUT2D eigenvalue weighted by Crippen LogP contribution is 2.60. The van der Waals surface area contributed by atoms with Crippen LogP contribution in [0.2, 0.25) is 0 Å². The van der Waals surface area contributed by atoms with Crippen molar-refractivity contribution in [3.05, 3.63) is 47.8 Å². The molecule has 3 saturated heterocycles. The fraction of sp³-hybridized carbons (Fsp3) is 0.375. The normalized spacial score (nSPS) is 30.0. The van der Waals surface area contributed by atoms with E-state index < -0.39 is 29.1 Å². The van der Waals surface area contributed by atoms with Crippen molar-refractivity contribution < 1.29 is 28.2 Å². The van der Waals surface area contributed by atoms with Crippen LogP contribution >= 0.6 is 0 Å². The molecule has 4 atom stereocenters. The number of anilines is 2. The van der Waals surface area contributed by atoms with E-state index in [1.165, 1.54) is 32.4 Å². The molecule has 6 rings (SSSR count). The average molecular weight is 451 g/mol. The van der Waals surface area contributed by atoms with Crippen LogP contribution in [0.1, 0.15) is 18.4 Å². The molecule has 0 radical (unpaired) electrons. The van der Waals surface area contributed by atoms with Crippen LogP contribution < -0.4 is 19.7 Å². The van der Waals surface area contributed by atoms with Crippen molar-refractivity contribution in [2.75, 3.05) is 31.0 Å². The molecule has 0 bridgehead atoms. The number of carbonyl (C=O) groups excluding carboxylic acids is 3. The summed E-state index contributed by atoms with van der Waals surface area (Å²) in [7, 11) is 2.98. The van der Waals surface area contributed by atoms with Gasteiger partial charge in [-0.1, -0.05) is 0 Å². The molecule has 2 aromatic carbocycles. The maximum atomic E-state index is 14.3. The number of fused-ring (bicyclic) bond motifs is 7. The molecule has 2 aromatic rings. The van der Waals surface area contributed by atoms with Gasteiger partial charge in [-0.25, -0.2) is 9.29 Å². The second-order valence-corrected chi connectivity index (χ2v) is 8.87. The number of amides is 3. The number of hydrogen-bond donors (Lipinski definition) is 1. The van der Waals surface area contributed by atoms with Gasteiger partial charge in [0.05, 0.1) is 31.7 Å². The maximum Gasteiger partial charge on any atom is 0.250 e. The number of nitrogens with zero attached hydrogens (tertiary/aromatic N) is 2. The average Bonchev–Trinajstić information content (AvgIpc) is 3.52. The van der Waals surface area contributed by atoms with Crippen LogP contribution in [0.4, 0.5) is 15.8 Å². The topological polar surface area (TPSA) is 88.2 Å². The highest BCUT2D eigenvalue weighted by Gasteiger charge is 2.74. The Kier molecular flexibility index (Phi) is 4.14. The van der Waals surface area contributed by atoms with E-state index in [4.69, 9.17) is 9.47 Å². The number of hydrogen-bond acceptors (Lipinski definition) is 6. The van der Waals surface area contributed by atoms with Crippen LogP contribution in [0.5, 0.6) is 11.5 Å². The van der Waals surface area contributed by atoms with Crippen molar-refractivity contribution in [1.82, 2.24) is 4.90 Å². The standard InChI is InChI=1S/C24H22FN3O5/c1-32-17-8-6-13(11-18(17)33-2)28-21(29)19-16-4-3-9-27(16)24(20(19)22(28)30)14-10-12(25)5-7-15(14)26-23(24)31/h5-8,10-11,16,19-20H,3-4,9H2,1-2H3,(H,26,31)/t16-,19+,20-,24+/m0/s1. The minimum absolute atomic E-state index is 0.267. The number of nitrogens with one attached hydrogen (secondary N) is 1. The molecule has 0 unspecified atom stereocenters. The number of carbonyl (C=O) groups is 3. The number of rotatable bonds is 3. The lowest BCUT2D eigenvalue weighted by atomic mass is 9.75. The molecule has 3 fully saturated rings. The Morgan fingerprint density at radius 3 is 2.58 bits per heavy atom. The second kappa shape index (κ2) is 6.77. The molecule has 4 heterocycles. The Morgan fingerprint density at radius 1 is 1.03 bits per heavy atom. The Morgan fingerprint density at radius 2 is 1.82 bits per heavy atom. The lowest BCUT2D eigenvalue weighted by Crippen LogP contribution is -2.54. The minimum Gasteiger partial charge on any atom is -0.493 e. The van der Waals surface area contributed by atoms with E-state index in [9.17, 15) is 18.8 Å². The van der Waals surface area contributed by atoms with Crippen molar-refractivity contribution in [3.8, 4) is 11.5 Å². The Labute approximate surface area is 189 Å². The van der Waals surface area contributed by atoms with Crippen molar-refractivity contribution in [2.24, 2.45) is 11.8 Å². The van der Waals surface area contributed by atoms with Gasteiger partial charge >= 0.3 is 0 Å². The Hall–Kier alpha value is -3.46. The van der Waals surface area contributed by atoms with Gasteiger partial charge in [0.15, 0.2) is 11.5 Å². The monoisotopic (exact) mass is 451 g/mol. The zero-order valence-electron chi connectivity index (χ0n) is 18.1. The van der Waals surface area contributed by atoms with E-state index in [1.54, 1.807) is 18.2 Å². The van der Waals surface area contributed by atoms with Crippen molar-refractivity contribution in [2.45, 2.75) is 24.4 Å². The molecule has 9 heteroatoms. The molecule has 0 saturated carbocycles. The lowest BCUT2D eigenvalue weighted by Gasteiger charge is -2.36. The van der Waals surface area contributed by atoms with Gasteiger partial charge < -0.3 is 14.8 Å². The predicted molar refractivity (Wildman–Crippen MR) is 115 cm³/mol. The summed E-state index contributed by atoms with van der Waals surface area (Å²) in [5.74, 6) is -2.44. The zero-order chi connectivity index (χ0) is 23.1. The summed E-state index contributed by atoms with van der Waals surface area (Å²) < 4.78 is 25.0. The van der Waals surface area contributed by atoms with Crippen molar-refractivity contribution >= 4 is 29.1 Å². The van der Waals surface area contributed by atoms with Gasteiger partial charge in [-0.15, -0.1) is 0 Å². The molecule has 33 heavy (non-hydrogen) atoms. The molecule has 4 aliphatic rings. The molecule has 3 amide bonds. The first-order valence-corrected chi connectivity index (χ1v) is 10.9. The third-order valence-electron chi connectivity index (χ3n) is 7.58. The van der Waals surface area contributed by atoms with Gasteiger partial charge in [0.1, 0.15) is 11.4 Å². The number of ether oxygens (including phenoxy) is 2. The first kappa shape index (κ1) is 20.2. The molecule has 8 nitrogen and oxygen atoms in total. The van der Waals surface area contributed by atoms with E-state index >= 15 is 0 Å². The zero-order valence-corrected chi connectivity index (χ0v) is 18.1. The maximum absolute atomic E-state index is 14.3. The Bertz CT molecular complexity index is 1230. The molecular formula is C24H22FN3O5. The van der Waals surface area contributed by atoms with Crippen LogP contribution in [0.25, 0.3) is 0 Å². The fourth-order valence-corrected chi connectivity index (χ4v) is 6.39. The molecule has 1 spiro atoms. The van der Waals surface area contributed by atoms with Gasteiger partial charge in [0, 0.05) is 23.4 Å². The summed E-state index contributed by atoms with van der Waals surface area (Å²) in [6.45, 7) is 0.567. The van der Waals surface area contributed by atoms with E-state index in [0.717, 1.165) is 11.3 Å². The molecule has 0 aliphatic carbocycles. The van der Waals surface area contributed by atoms with Gasteiger partial charge in [0.2, 0.25) is 17.7 Å². The van der Waals surface area contributed by atoms with Gasteiger partial charge in [-0.2, -0.15) is 0 Å². The Balaban J connectivity index is 1.52. The second-order valence-electron chi connectivity index (χ2n) is 8.87. The number of benzene rings is 2. The van der Waals surface area contributed by atoms with Crippen molar-refractivity contribution in [1.29, 1.82) is 0 Å². The van der Waals surface area contributed by atoms with E-state index in [0.29, 0.717) is 41.4 Å². The summed E-state index contributed by atoms with van der Waals surface area (Å²) in [5.41, 5.74) is -0.129. The highest BCUT2D eigenvalue weighted by atomic mass is 19.1. The van der Waals surface area contributed by atoms with E-state index in [-0.39, 0.29) is 17.9 Å². The summed E-state index contributed by atoms with van der Waals surface area (Å²) in [5, 5.41) is 2.84. The first-order chi connectivity index (χ1) is 15.9. The quantitative estimate of drug-likeness (QED) is 0.721. The van der Waals surface area contributed by atoms with Gasteiger partial charge in [0.25, 0.3) is 0 Å². The van der Waals surface area contributed by atoms with Crippen LogP contribution in [0.15, 0.2) is 36.4 Å². The third-order valence-corrected chi connectivity index (χ3v) is 7.58. The third kappa shape index (κ3) is 2.35. The summed E-state index contributed by atoms with van der Waals surface area (Å²) in [4.78, 5) is 44.3. The number of halogens is 1. The first-order valence-electron chi connectivity index (χ1n) is 10.9. The van der Waals surface area contributed by atoms with Crippen LogP contribution in [0, 0.1) is 17.7 Å². The molecule has 1 N–H and O–H groups in total. The minimum atomic E-state index is -1.40.